The Kier molecular flexibility index (Phi) is 3.37. The Hall–Kier alpha value is -2.36. The van der Waals surface area contributed by atoms with Gasteiger partial charge in [0, 0.05) is 25.5 Å². The first-order chi connectivity index (χ1) is 9.75. The van der Waals surface area contributed by atoms with Crippen molar-refractivity contribution in [2.24, 2.45) is 0 Å². The molecule has 20 heavy (non-hydrogen) atoms. The van der Waals surface area contributed by atoms with Gasteiger partial charge in [-0.15, -0.1) is 0 Å². The molecule has 0 saturated heterocycles. The van der Waals surface area contributed by atoms with E-state index in [1.807, 2.05) is 0 Å². The summed E-state index contributed by atoms with van der Waals surface area (Å²) in [5.41, 5.74) is 3.76. The second-order valence-electron chi connectivity index (χ2n) is 4.95. The average molecular weight is 268 g/mol. The fraction of sp³-hybridized carbons (Fsp3) is 0.250. The Balaban J connectivity index is 1.89. The zero-order valence-electron chi connectivity index (χ0n) is 11.1. The number of hydrogen-bond donors (Lipinski definition) is 1. The van der Waals surface area contributed by atoms with E-state index in [1.54, 1.807) is 12.3 Å². The summed E-state index contributed by atoms with van der Waals surface area (Å²) < 4.78 is 0. The van der Waals surface area contributed by atoms with Gasteiger partial charge in [-0.05, 0) is 30.0 Å². The molecule has 0 aliphatic carbocycles. The van der Waals surface area contributed by atoms with E-state index in [4.69, 9.17) is 0 Å². The first-order valence-electron chi connectivity index (χ1n) is 6.75. The third kappa shape index (κ3) is 2.37. The highest BCUT2D eigenvalue weighted by Gasteiger charge is 2.19. The van der Waals surface area contributed by atoms with Crippen molar-refractivity contribution in [2.45, 2.75) is 12.8 Å². The summed E-state index contributed by atoms with van der Waals surface area (Å²) in [5.74, 6) is -0.921. The van der Waals surface area contributed by atoms with Crippen LogP contribution >= 0.6 is 0 Å². The van der Waals surface area contributed by atoms with Gasteiger partial charge in [0.25, 0.3) is 0 Å². The zero-order chi connectivity index (χ0) is 13.9. The molecule has 1 aromatic heterocycles. The van der Waals surface area contributed by atoms with E-state index in [0.29, 0.717) is 0 Å². The van der Waals surface area contributed by atoms with Crippen LogP contribution in [-0.4, -0.2) is 29.1 Å². The summed E-state index contributed by atoms with van der Waals surface area (Å²) in [4.78, 5) is 17.4. The van der Waals surface area contributed by atoms with Crippen molar-refractivity contribution >= 4 is 11.7 Å². The van der Waals surface area contributed by atoms with E-state index in [9.17, 15) is 9.90 Å². The maximum Gasteiger partial charge on any atom is 0.339 e. The lowest BCUT2D eigenvalue weighted by atomic mass is 10.0. The lowest BCUT2D eigenvalue weighted by Crippen LogP contribution is -2.27. The van der Waals surface area contributed by atoms with Crippen LogP contribution in [0, 0.1) is 0 Å². The maximum absolute atomic E-state index is 11.3. The number of hydrogen-bond acceptors (Lipinski definition) is 3. The summed E-state index contributed by atoms with van der Waals surface area (Å²) in [5, 5.41) is 9.27. The van der Waals surface area contributed by atoms with Crippen molar-refractivity contribution in [3.05, 3.63) is 59.4 Å². The quantitative estimate of drug-likeness (QED) is 0.908. The van der Waals surface area contributed by atoms with E-state index in [1.165, 1.54) is 17.3 Å². The predicted octanol–water partition coefficient (Wildman–Crippen LogP) is 2.39. The third-order valence-electron chi connectivity index (χ3n) is 3.79. The molecule has 0 fully saturated rings. The van der Waals surface area contributed by atoms with Crippen LogP contribution < -0.4 is 4.90 Å². The molecule has 0 unspecified atom stereocenters. The average Bonchev–Trinajstić information content (AvgIpc) is 2.70. The number of rotatable bonds is 2. The van der Waals surface area contributed by atoms with Crippen molar-refractivity contribution < 1.29 is 9.90 Å². The Bertz CT molecular complexity index is 613. The van der Waals surface area contributed by atoms with Gasteiger partial charge in [-0.1, -0.05) is 24.3 Å². The summed E-state index contributed by atoms with van der Waals surface area (Å²) >= 11 is 0. The Labute approximate surface area is 117 Å². The minimum atomic E-state index is -0.921. The van der Waals surface area contributed by atoms with E-state index >= 15 is 0 Å². The zero-order valence-corrected chi connectivity index (χ0v) is 11.1. The third-order valence-corrected chi connectivity index (χ3v) is 3.79. The molecular formula is C16H16N2O2. The Morgan fingerprint density at radius 3 is 2.35 bits per heavy atom. The number of carbonyl (C=O) groups is 1. The van der Waals surface area contributed by atoms with Crippen molar-refractivity contribution in [1.29, 1.82) is 0 Å². The van der Waals surface area contributed by atoms with Crippen LogP contribution in [0.4, 0.5) is 5.69 Å². The number of carboxylic acid groups (broad SMARTS) is 1. The highest BCUT2D eigenvalue weighted by molar-refractivity contribution is 5.94. The molecule has 0 saturated carbocycles. The molecule has 0 radical (unpaired) electrons. The lowest BCUT2D eigenvalue weighted by Gasteiger charge is -2.23. The van der Waals surface area contributed by atoms with E-state index in [0.717, 1.165) is 31.6 Å². The molecule has 3 rings (SSSR count). The molecule has 0 atom stereocenters. The largest absolute Gasteiger partial charge is 0.478 e. The summed E-state index contributed by atoms with van der Waals surface area (Å²) in [6.07, 6.45) is 4.96. The minimum Gasteiger partial charge on any atom is -0.478 e. The van der Waals surface area contributed by atoms with E-state index < -0.39 is 5.97 Å². The van der Waals surface area contributed by atoms with Crippen LogP contribution in [-0.2, 0) is 12.8 Å². The lowest BCUT2D eigenvalue weighted by molar-refractivity contribution is 0.0697. The van der Waals surface area contributed by atoms with E-state index in [2.05, 4.69) is 34.1 Å². The number of pyridine rings is 1. The van der Waals surface area contributed by atoms with Crippen molar-refractivity contribution in [1.82, 2.24) is 4.98 Å². The molecular weight excluding hydrogens is 252 g/mol. The SMILES string of the molecule is O=C(O)c1cnccc1N1CCc2ccccc2CC1. The highest BCUT2D eigenvalue weighted by atomic mass is 16.4. The molecule has 2 heterocycles. The van der Waals surface area contributed by atoms with Crippen LogP contribution in [0.25, 0.3) is 0 Å². The highest BCUT2D eigenvalue weighted by Crippen LogP contribution is 2.23. The molecule has 102 valence electrons. The van der Waals surface area contributed by atoms with Crippen LogP contribution in [0.1, 0.15) is 21.5 Å². The number of aromatic carboxylic acids is 1. The van der Waals surface area contributed by atoms with Gasteiger partial charge in [0.1, 0.15) is 5.56 Å². The van der Waals surface area contributed by atoms with Crippen molar-refractivity contribution in [3.63, 3.8) is 0 Å². The summed E-state index contributed by atoms with van der Waals surface area (Å²) in [6.45, 7) is 1.67. The van der Waals surface area contributed by atoms with Crippen LogP contribution in [0.15, 0.2) is 42.7 Å². The number of fused-ring (bicyclic) bond motifs is 1. The fourth-order valence-corrected chi connectivity index (χ4v) is 2.74. The fourth-order valence-electron chi connectivity index (χ4n) is 2.74. The molecule has 1 N–H and O–H groups in total. The molecule has 1 aromatic carbocycles. The first-order valence-corrected chi connectivity index (χ1v) is 6.75. The predicted molar refractivity (Wildman–Crippen MR) is 77.3 cm³/mol. The molecule has 2 aromatic rings. The van der Waals surface area contributed by atoms with Crippen molar-refractivity contribution in [3.8, 4) is 0 Å². The molecule has 0 bridgehead atoms. The molecule has 1 aliphatic rings. The van der Waals surface area contributed by atoms with Gasteiger partial charge in [0.05, 0.1) is 5.69 Å². The van der Waals surface area contributed by atoms with Gasteiger partial charge in [-0.2, -0.15) is 0 Å². The molecule has 0 amide bonds. The number of aromatic nitrogens is 1. The smallest absolute Gasteiger partial charge is 0.339 e. The standard InChI is InChI=1S/C16H16N2O2/c19-16(20)14-11-17-8-5-15(14)18-9-6-12-3-1-2-4-13(12)7-10-18/h1-5,8,11H,6-7,9-10H2,(H,19,20). The van der Waals surface area contributed by atoms with Gasteiger partial charge in [-0.3, -0.25) is 4.98 Å². The van der Waals surface area contributed by atoms with Crippen molar-refractivity contribution in [2.75, 3.05) is 18.0 Å². The number of nitrogens with zero attached hydrogens (tertiary/aromatic N) is 2. The van der Waals surface area contributed by atoms with E-state index in [-0.39, 0.29) is 5.56 Å². The number of anilines is 1. The minimum absolute atomic E-state index is 0.276. The van der Waals surface area contributed by atoms with Crippen LogP contribution in [0.2, 0.25) is 0 Å². The first kappa shape index (κ1) is 12.7. The monoisotopic (exact) mass is 268 g/mol. The maximum atomic E-state index is 11.3. The molecule has 4 heteroatoms. The topological polar surface area (TPSA) is 53.4 Å². The Morgan fingerprint density at radius 2 is 1.75 bits per heavy atom. The van der Waals surface area contributed by atoms with Gasteiger partial charge in [0.2, 0.25) is 0 Å². The second-order valence-corrected chi connectivity index (χ2v) is 4.95. The normalized spacial score (nSPS) is 14.5. The Morgan fingerprint density at radius 1 is 1.10 bits per heavy atom. The van der Waals surface area contributed by atoms with Gasteiger partial charge < -0.3 is 10.0 Å². The summed E-state index contributed by atoms with van der Waals surface area (Å²) in [7, 11) is 0. The molecule has 4 nitrogen and oxygen atoms in total. The van der Waals surface area contributed by atoms with Crippen LogP contribution in [0.5, 0.6) is 0 Å². The number of benzene rings is 1. The summed E-state index contributed by atoms with van der Waals surface area (Å²) in [6, 6.07) is 10.2. The van der Waals surface area contributed by atoms with Gasteiger partial charge in [0.15, 0.2) is 0 Å². The van der Waals surface area contributed by atoms with Crippen LogP contribution in [0.3, 0.4) is 0 Å². The molecule has 1 aliphatic heterocycles. The molecule has 0 spiro atoms. The van der Waals surface area contributed by atoms with Gasteiger partial charge in [-0.25, -0.2) is 4.79 Å². The van der Waals surface area contributed by atoms with Gasteiger partial charge >= 0.3 is 5.97 Å². The number of carboxylic acids is 1. The second kappa shape index (κ2) is 5.33.